The van der Waals surface area contributed by atoms with Crippen molar-refractivity contribution in [2.24, 2.45) is 5.73 Å². The van der Waals surface area contributed by atoms with Gasteiger partial charge in [-0.05, 0) is 24.0 Å². The van der Waals surface area contributed by atoms with Crippen LogP contribution < -0.4 is 5.73 Å². The smallest absolute Gasteiger partial charge is 0.423 e. The number of carbonyl (C=O) groups is 3. The van der Waals surface area contributed by atoms with Crippen LogP contribution in [0.5, 0.6) is 0 Å². The molecule has 0 saturated carbocycles. The Labute approximate surface area is 129 Å². The van der Waals surface area contributed by atoms with Crippen LogP contribution in [0.15, 0.2) is 24.3 Å². The first-order valence-corrected chi connectivity index (χ1v) is 7.40. The number of benzene rings is 1. The van der Waals surface area contributed by atoms with Gasteiger partial charge in [0.2, 0.25) is 5.91 Å². The summed E-state index contributed by atoms with van der Waals surface area (Å²) in [6.07, 6.45) is 1.25. The summed E-state index contributed by atoms with van der Waals surface area (Å²) in [6.45, 7) is 2.09. The zero-order chi connectivity index (χ0) is 16.1. The van der Waals surface area contributed by atoms with Crippen molar-refractivity contribution in [2.75, 3.05) is 0 Å². The monoisotopic (exact) mass is 304 g/mol. The minimum absolute atomic E-state index is 0.0291. The number of aryl methyl sites for hydroxylation is 1. The van der Waals surface area contributed by atoms with Gasteiger partial charge in [0.25, 0.3) is 5.91 Å². The molecule has 0 aromatic heterocycles. The third-order valence-corrected chi connectivity index (χ3v) is 3.63. The SMILES string of the molecule is CCCc1ccccc1COC(=O)N1C(=O)CCC(N)C1=O. The summed E-state index contributed by atoms with van der Waals surface area (Å²) in [5.41, 5.74) is 7.55. The van der Waals surface area contributed by atoms with Gasteiger partial charge in [-0.3, -0.25) is 9.59 Å². The van der Waals surface area contributed by atoms with E-state index in [-0.39, 0.29) is 19.4 Å². The molecule has 1 heterocycles. The summed E-state index contributed by atoms with van der Waals surface area (Å²) in [4.78, 5) is 36.1. The fourth-order valence-electron chi connectivity index (χ4n) is 2.41. The highest BCUT2D eigenvalue weighted by atomic mass is 16.6. The van der Waals surface area contributed by atoms with E-state index in [1.807, 2.05) is 24.3 Å². The second-order valence-electron chi connectivity index (χ2n) is 5.29. The number of piperidine rings is 1. The van der Waals surface area contributed by atoms with Gasteiger partial charge >= 0.3 is 6.09 Å². The molecule has 0 radical (unpaired) electrons. The van der Waals surface area contributed by atoms with Crippen LogP contribution in [-0.2, 0) is 27.4 Å². The number of nitrogens with zero attached hydrogens (tertiary/aromatic N) is 1. The molecule has 1 aliphatic rings. The van der Waals surface area contributed by atoms with Crippen LogP contribution in [0.3, 0.4) is 0 Å². The largest absolute Gasteiger partial charge is 0.444 e. The van der Waals surface area contributed by atoms with Gasteiger partial charge in [-0.25, -0.2) is 4.79 Å². The average Bonchev–Trinajstić information content (AvgIpc) is 2.51. The molecule has 0 spiro atoms. The van der Waals surface area contributed by atoms with E-state index < -0.39 is 23.9 Å². The Bertz CT molecular complexity index is 585. The maximum Gasteiger partial charge on any atom is 0.423 e. The lowest BCUT2D eigenvalue weighted by Gasteiger charge is -2.26. The number of amides is 3. The predicted octanol–water partition coefficient (Wildman–Crippen LogP) is 1.75. The van der Waals surface area contributed by atoms with E-state index in [0.717, 1.165) is 24.0 Å². The molecule has 1 atom stereocenters. The Morgan fingerprint density at radius 1 is 1.32 bits per heavy atom. The molecule has 2 N–H and O–H groups in total. The zero-order valence-corrected chi connectivity index (χ0v) is 12.6. The number of rotatable bonds is 4. The van der Waals surface area contributed by atoms with E-state index in [0.29, 0.717) is 4.90 Å². The van der Waals surface area contributed by atoms with Gasteiger partial charge in [-0.1, -0.05) is 37.6 Å². The lowest BCUT2D eigenvalue weighted by molar-refractivity contribution is -0.146. The highest BCUT2D eigenvalue weighted by Gasteiger charge is 2.37. The van der Waals surface area contributed by atoms with Gasteiger partial charge in [0.1, 0.15) is 6.61 Å². The Kier molecular flexibility index (Phi) is 5.27. The molecule has 6 heteroatoms. The third-order valence-electron chi connectivity index (χ3n) is 3.63. The van der Waals surface area contributed by atoms with Crippen molar-refractivity contribution in [3.8, 4) is 0 Å². The molecular formula is C16H20N2O4. The summed E-state index contributed by atoms with van der Waals surface area (Å²) < 4.78 is 5.13. The lowest BCUT2D eigenvalue weighted by Crippen LogP contribution is -2.53. The summed E-state index contributed by atoms with van der Waals surface area (Å²) in [6, 6.07) is 6.80. The first-order valence-electron chi connectivity index (χ1n) is 7.40. The van der Waals surface area contributed by atoms with Crippen molar-refractivity contribution in [3.05, 3.63) is 35.4 Å². The van der Waals surface area contributed by atoms with E-state index >= 15 is 0 Å². The van der Waals surface area contributed by atoms with Crippen LogP contribution in [0.4, 0.5) is 4.79 Å². The molecule has 1 fully saturated rings. The Hall–Kier alpha value is -2.21. The van der Waals surface area contributed by atoms with E-state index in [1.54, 1.807) is 0 Å². The molecule has 1 aromatic rings. The zero-order valence-electron chi connectivity index (χ0n) is 12.6. The Morgan fingerprint density at radius 2 is 2.00 bits per heavy atom. The maximum absolute atomic E-state index is 12.0. The fourth-order valence-corrected chi connectivity index (χ4v) is 2.41. The second kappa shape index (κ2) is 7.17. The van der Waals surface area contributed by atoms with Gasteiger partial charge in [-0.2, -0.15) is 4.90 Å². The van der Waals surface area contributed by atoms with Gasteiger partial charge in [0.15, 0.2) is 0 Å². The van der Waals surface area contributed by atoms with Gasteiger partial charge in [-0.15, -0.1) is 0 Å². The quantitative estimate of drug-likeness (QED) is 0.856. The van der Waals surface area contributed by atoms with Crippen LogP contribution in [0.1, 0.15) is 37.3 Å². The number of hydrogen-bond acceptors (Lipinski definition) is 5. The molecule has 0 bridgehead atoms. The molecule has 1 saturated heterocycles. The summed E-state index contributed by atoms with van der Waals surface area (Å²) in [5.74, 6) is -1.25. The third kappa shape index (κ3) is 3.51. The van der Waals surface area contributed by atoms with Crippen molar-refractivity contribution in [2.45, 2.75) is 45.3 Å². The predicted molar refractivity (Wildman–Crippen MR) is 79.7 cm³/mol. The molecule has 6 nitrogen and oxygen atoms in total. The number of nitrogens with two attached hydrogens (primary N) is 1. The van der Waals surface area contributed by atoms with Crippen LogP contribution in [0, 0.1) is 0 Å². The molecule has 0 aliphatic carbocycles. The second-order valence-corrected chi connectivity index (χ2v) is 5.29. The van der Waals surface area contributed by atoms with Crippen molar-refractivity contribution in [1.29, 1.82) is 0 Å². The Morgan fingerprint density at radius 3 is 2.68 bits per heavy atom. The van der Waals surface area contributed by atoms with Crippen LogP contribution >= 0.6 is 0 Å². The fraction of sp³-hybridized carbons (Fsp3) is 0.438. The van der Waals surface area contributed by atoms with Crippen LogP contribution in [0.2, 0.25) is 0 Å². The van der Waals surface area contributed by atoms with Gasteiger partial charge in [0.05, 0.1) is 6.04 Å². The molecular weight excluding hydrogens is 284 g/mol. The molecule has 2 rings (SSSR count). The molecule has 1 aromatic carbocycles. The minimum atomic E-state index is -0.948. The first kappa shape index (κ1) is 16.2. The highest BCUT2D eigenvalue weighted by molar-refractivity contribution is 6.11. The number of imide groups is 3. The molecule has 1 unspecified atom stereocenters. The number of carbonyl (C=O) groups excluding carboxylic acids is 3. The van der Waals surface area contributed by atoms with Crippen molar-refractivity contribution in [1.82, 2.24) is 4.90 Å². The number of hydrogen-bond donors (Lipinski definition) is 1. The normalized spacial score (nSPS) is 18.5. The van der Waals surface area contributed by atoms with Crippen LogP contribution in [0.25, 0.3) is 0 Å². The molecule has 1 aliphatic heterocycles. The number of ether oxygens (including phenoxy) is 1. The Balaban J connectivity index is 2.03. The first-order chi connectivity index (χ1) is 10.5. The minimum Gasteiger partial charge on any atom is -0.444 e. The summed E-state index contributed by atoms with van der Waals surface area (Å²) in [7, 11) is 0. The average molecular weight is 304 g/mol. The standard InChI is InChI=1S/C16H20N2O4/c1-2-5-11-6-3-4-7-12(11)10-22-16(21)18-14(19)9-8-13(17)15(18)20/h3-4,6-7,13H,2,5,8-10,17H2,1H3. The van der Waals surface area contributed by atoms with Crippen molar-refractivity contribution >= 4 is 17.9 Å². The highest BCUT2D eigenvalue weighted by Crippen LogP contribution is 2.16. The van der Waals surface area contributed by atoms with Crippen molar-refractivity contribution < 1.29 is 19.1 Å². The van der Waals surface area contributed by atoms with E-state index in [4.69, 9.17) is 10.5 Å². The van der Waals surface area contributed by atoms with E-state index in [2.05, 4.69) is 6.92 Å². The lowest BCUT2D eigenvalue weighted by atomic mass is 10.0. The molecule has 118 valence electrons. The molecule has 22 heavy (non-hydrogen) atoms. The van der Waals surface area contributed by atoms with Crippen molar-refractivity contribution in [3.63, 3.8) is 0 Å². The topological polar surface area (TPSA) is 89.7 Å². The van der Waals surface area contributed by atoms with Crippen LogP contribution in [-0.4, -0.2) is 28.8 Å². The van der Waals surface area contributed by atoms with Gasteiger partial charge < -0.3 is 10.5 Å². The molecule has 3 amide bonds. The van der Waals surface area contributed by atoms with E-state index in [9.17, 15) is 14.4 Å². The summed E-state index contributed by atoms with van der Waals surface area (Å²) in [5, 5.41) is 0. The summed E-state index contributed by atoms with van der Waals surface area (Å²) >= 11 is 0. The maximum atomic E-state index is 12.0. The number of likely N-dealkylation sites (tertiary alicyclic amines) is 1. The van der Waals surface area contributed by atoms with Gasteiger partial charge in [0, 0.05) is 6.42 Å². The van der Waals surface area contributed by atoms with E-state index in [1.165, 1.54) is 0 Å².